The number of hydrogen-bond donors (Lipinski definition) is 2. The van der Waals surface area contributed by atoms with Crippen LogP contribution >= 0.6 is 0 Å². The van der Waals surface area contributed by atoms with E-state index in [-0.39, 0.29) is 18.2 Å². The van der Waals surface area contributed by atoms with E-state index in [4.69, 9.17) is 5.73 Å². The van der Waals surface area contributed by atoms with Crippen molar-refractivity contribution in [1.29, 1.82) is 0 Å². The molecule has 0 saturated heterocycles. The van der Waals surface area contributed by atoms with Gasteiger partial charge < -0.3 is 10.7 Å². The van der Waals surface area contributed by atoms with Crippen molar-refractivity contribution >= 4 is 20.9 Å². The van der Waals surface area contributed by atoms with Gasteiger partial charge in [0.2, 0.25) is 0 Å². The molecule has 5 nitrogen and oxygen atoms in total. The molecule has 0 aliphatic carbocycles. The van der Waals surface area contributed by atoms with Gasteiger partial charge in [0.05, 0.1) is 21.7 Å². The zero-order valence-electron chi connectivity index (χ0n) is 10.5. The Bertz CT molecular complexity index is 659. The number of hydrogen-bond acceptors (Lipinski definition) is 4. The van der Waals surface area contributed by atoms with Crippen molar-refractivity contribution in [3.63, 3.8) is 0 Å². The first-order chi connectivity index (χ1) is 8.44. The van der Waals surface area contributed by atoms with Gasteiger partial charge in [-0.15, -0.1) is 0 Å². The Morgan fingerprint density at radius 1 is 1.39 bits per heavy atom. The van der Waals surface area contributed by atoms with Crippen LogP contribution in [0.1, 0.15) is 25.6 Å². The summed E-state index contributed by atoms with van der Waals surface area (Å²) in [6.07, 6.45) is 0. The molecule has 6 heteroatoms. The van der Waals surface area contributed by atoms with Crippen LogP contribution in [0.25, 0.3) is 11.0 Å². The molecule has 0 aliphatic heterocycles. The average molecular weight is 267 g/mol. The molecule has 0 saturated carbocycles. The van der Waals surface area contributed by atoms with E-state index in [0.29, 0.717) is 4.90 Å². The van der Waals surface area contributed by atoms with Crippen LogP contribution in [0.4, 0.5) is 0 Å². The van der Waals surface area contributed by atoms with Crippen molar-refractivity contribution in [1.82, 2.24) is 9.97 Å². The first-order valence-electron chi connectivity index (χ1n) is 5.86. The van der Waals surface area contributed by atoms with Crippen LogP contribution < -0.4 is 5.73 Å². The van der Waals surface area contributed by atoms with Crippen molar-refractivity contribution < 1.29 is 8.42 Å². The van der Waals surface area contributed by atoms with Crippen LogP contribution in [-0.4, -0.2) is 30.7 Å². The fourth-order valence-electron chi connectivity index (χ4n) is 1.75. The van der Waals surface area contributed by atoms with E-state index in [1.165, 1.54) is 0 Å². The SMILES string of the molecule is CC(C)c1nc2ccc(S(=O)(=O)CCN)cc2[nH]1. The molecule has 0 fully saturated rings. The van der Waals surface area contributed by atoms with Crippen LogP contribution in [0.2, 0.25) is 0 Å². The fraction of sp³-hybridized carbons (Fsp3) is 0.417. The number of nitrogens with zero attached hydrogens (tertiary/aromatic N) is 1. The molecule has 1 aromatic carbocycles. The van der Waals surface area contributed by atoms with Crippen LogP contribution in [0, 0.1) is 0 Å². The number of nitrogens with two attached hydrogens (primary N) is 1. The highest BCUT2D eigenvalue weighted by Crippen LogP contribution is 2.21. The van der Waals surface area contributed by atoms with Crippen LogP contribution in [-0.2, 0) is 9.84 Å². The molecule has 18 heavy (non-hydrogen) atoms. The predicted octanol–water partition coefficient (Wildman–Crippen LogP) is 1.42. The van der Waals surface area contributed by atoms with Crippen molar-refractivity contribution in [2.45, 2.75) is 24.7 Å². The second kappa shape index (κ2) is 4.70. The monoisotopic (exact) mass is 267 g/mol. The summed E-state index contributed by atoms with van der Waals surface area (Å²) in [5.74, 6) is 1.10. The van der Waals surface area contributed by atoms with E-state index < -0.39 is 9.84 Å². The lowest BCUT2D eigenvalue weighted by Gasteiger charge is -2.01. The van der Waals surface area contributed by atoms with Gasteiger partial charge in [0.15, 0.2) is 9.84 Å². The predicted molar refractivity (Wildman–Crippen MR) is 71.3 cm³/mol. The molecule has 0 unspecified atom stereocenters. The summed E-state index contributed by atoms with van der Waals surface area (Å²) in [6.45, 7) is 4.19. The summed E-state index contributed by atoms with van der Waals surface area (Å²) in [4.78, 5) is 7.84. The topological polar surface area (TPSA) is 88.8 Å². The van der Waals surface area contributed by atoms with Gasteiger partial charge in [-0.2, -0.15) is 0 Å². The Kier molecular flexibility index (Phi) is 3.41. The average Bonchev–Trinajstić information content (AvgIpc) is 2.71. The molecule has 98 valence electrons. The van der Waals surface area contributed by atoms with Crippen LogP contribution in [0.3, 0.4) is 0 Å². The zero-order chi connectivity index (χ0) is 13.3. The zero-order valence-corrected chi connectivity index (χ0v) is 11.3. The normalized spacial score (nSPS) is 12.4. The quantitative estimate of drug-likeness (QED) is 0.876. The second-order valence-electron chi connectivity index (χ2n) is 4.56. The van der Waals surface area contributed by atoms with Crippen LogP contribution in [0.15, 0.2) is 23.1 Å². The lowest BCUT2D eigenvalue weighted by Crippen LogP contribution is -2.15. The van der Waals surface area contributed by atoms with Gasteiger partial charge in [0.25, 0.3) is 0 Å². The van der Waals surface area contributed by atoms with Crippen molar-refractivity contribution in [2.75, 3.05) is 12.3 Å². The van der Waals surface area contributed by atoms with E-state index in [2.05, 4.69) is 9.97 Å². The Hall–Kier alpha value is -1.40. The highest BCUT2D eigenvalue weighted by Gasteiger charge is 2.15. The minimum atomic E-state index is -3.29. The van der Waals surface area contributed by atoms with Crippen molar-refractivity contribution in [3.8, 4) is 0 Å². The van der Waals surface area contributed by atoms with Gasteiger partial charge in [0, 0.05) is 12.5 Å². The summed E-state index contributed by atoms with van der Waals surface area (Å²) < 4.78 is 23.8. The maximum atomic E-state index is 11.9. The minimum Gasteiger partial charge on any atom is -0.342 e. The number of nitrogens with one attached hydrogen (secondary N) is 1. The maximum Gasteiger partial charge on any atom is 0.179 e. The molecule has 0 radical (unpaired) electrons. The number of H-pyrrole nitrogens is 1. The molecule has 0 atom stereocenters. The largest absolute Gasteiger partial charge is 0.342 e. The van der Waals surface area contributed by atoms with E-state index in [1.807, 2.05) is 13.8 Å². The fourth-order valence-corrected chi connectivity index (χ4v) is 2.87. The van der Waals surface area contributed by atoms with Gasteiger partial charge in [-0.25, -0.2) is 13.4 Å². The number of fused-ring (bicyclic) bond motifs is 1. The van der Waals surface area contributed by atoms with Gasteiger partial charge >= 0.3 is 0 Å². The Morgan fingerprint density at radius 3 is 2.72 bits per heavy atom. The Labute approximate surface area is 106 Å². The molecular weight excluding hydrogens is 250 g/mol. The number of sulfone groups is 1. The summed E-state index contributed by atoms with van der Waals surface area (Å²) >= 11 is 0. The second-order valence-corrected chi connectivity index (χ2v) is 6.67. The summed E-state index contributed by atoms with van der Waals surface area (Å²) in [5.41, 5.74) is 6.84. The molecule has 0 amide bonds. The Morgan fingerprint density at radius 2 is 2.11 bits per heavy atom. The third kappa shape index (κ3) is 2.39. The van der Waals surface area contributed by atoms with E-state index >= 15 is 0 Å². The van der Waals surface area contributed by atoms with Crippen LogP contribution in [0.5, 0.6) is 0 Å². The smallest absolute Gasteiger partial charge is 0.179 e. The molecule has 2 rings (SSSR count). The van der Waals surface area contributed by atoms with E-state index in [0.717, 1.165) is 16.9 Å². The summed E-state index contributed by atoms with van der Waals surface area (Å²) in [5, 5.41) is 0. The molecule has 1 heterocycles. The Balaban J connectivity index is 2.50. The van der Waals surface area contributed by atoms with E-state index in [9.17, 15) is 8.42 Å². The summed E-state index contributed by atoms with van der Waals surface area (Å²) in [6, 6.07) is 4.93. The summed E-state index contributed by atoms with van der Waals surface area (Å²) in [7, 11) is -3.29. The third-order valence-corrected chi connectivity index (χ3v) is 4.51. The standard InChI is InChI=1S/C12H17N3O2S/c1-8(2)12-14-10-4-3-9(7-11(10)15-12)18(16,17)6-5-13/h3-4,7-8H,5-6,13H2,1-2H3,(H,14,15). The molecule has 2 aromatic rings. The molecule has 3 N–H and O–H groups in total. The van der Waals surface area contributed by atoms with Gasteiger partial charge in [-0.1, -0.05) is 13.8 Å². The van der Waals surface area contributed by atoms with E-state index in [1.54, 1.807) is 18.2 Å². The van der Waals surface area contributed by atoms with Gasteiger partial charge in [-0.05, 0) is 18.2 Å². The number of imidazole rings is 1. The molecule has 0 aliphatic rings. The molecule has 0 bridgehead atoms. The number of benzene rings is 1. The lowest BCUT2D eigenvalue weighted by atomic mass is 10.2. The number of rotatable bonds is 4. The minimum absolute atomic E-state index is 0.0380. The highest BCUT2D eigenvalue weighted by molar-refractivity contribution is 7.91. The molecule has 0 spiro atoms. The van der Waals surface area contributed by atoms with Gasteiger partial charge in [0.1, 0.15) is 5.82 Å². The number of aromatic nitrogens is 2. The highest BCUT2D eigenvalue weighted by atomic mass is 32.2. The maximum absolute atomic E-state index is 11.9. The molecular formula is C12H17N3O2S. The lowest BCUT2D eigenvalue weighted by molar-refractivity contribution is 0.596. The number of aromatic amines is 1. The first-order valence-corrected chi connectivity index (χ1v) is 7.52. The van der Waals surface area contributed by atoms with Crippen molar-refractivity contribution in [3.05, 3.63) is 24.0 Å². The molecule has 1 aromatic heterocycles. The first kappa shape index (κ1) is 13.0. The van der Waals surface area contributed by atoms with Crippen molar-refractivity contribution in [2.24, 2.45) is 5.73 Å². The third-order valence-electron chi connectivity index (χ3n) is 2.76. The van der Waals surface area contributed by atoms with Gasteiger partial charge in [-0.3, -0.25) is 0 Å².